The predicted octanol–water partition coefficient (Wildman–Crippen LogP) is 1.99. The van der Waals surface area contributed by atoms with Gasteiger partial charge in [-0.05, 0) is 70.4 Å². The third kappa shape index (κ3) is 3.82. The lowest BCUT2D eigenvalue weighted by Crippen LogP contribution is -2.23. The molecule has 1 aromatic rings. The summed E-state index contributed by atoms with van der Waals surface area (Å²) in [6.07, 6.45) is 9.66. The molecule has 0 saturated carbocycles. The van der Waals surface area contributed by atoms with Crippen molar-refractivity contribution in [3.05, 3.63) is 63.7 Å². The molecule has 0 amide bonds. The molecule has 0 spiro atoms. The van der Waals surface area contributed by atoms with Crippen LogP contribution >= 0.6 is 0 Å². The van der Waals surface area contributed by atoms with Crippen molar-refractivity contribution >= 4 is 29.1 Å². The number of likely N-dealkylation sites (N-methyl/N-ethyl adjacent to an activating group) is 1. The number of Topliss-reactive ketones (excluding diaryl/α,β-unsaturated/α-hetero) is 2. The first-order chi connectivity index (χ1) is 14.8. The van der Waals surface area contributed by atoms with Gasteiger partial charge in [0.2, 0.25) is 11.6 Å². The van der Waals surface area contributed by atoms with Crippen LogP contribution in [0.15, 0.2) is 51.8 Å². The van der Waals surface area contributed by atoms with Crippen LogP contribution < -0.4 is 0 Å². The number of rotatable bonds is 7. The van der Waals surface area contributed by atoms with Crippen molar-refractivity contribution in [2.75, 3.05) is 41.3 Å². The van der Waals surface area contributed by atoms with Crippen LogP contribution in [-0.4, -0.2) is 79.6 Å². The predicted molar refractivity (Wildman–Crippen MR) is 120 cm³/mol. The number of aromatic amines is 1. The number of nitrogens with zero attached hydrogens (tertiary/aromatic N) is 3. The molecule has 3 aliphatic rings. The fourth-order valence-electron chi connectivity index (χ4n) is 4.03. The maximum Gasteiger partial charge on any atom is 0.235 e. The Morgan fingerprint density at radius 2 is 1.61 bits per heavy atom. The number of carbonyl (C=O) groups excluding carboxylic acids is 3. The fraction of sp³-hybridized carbons (Fsp3) is 0.333. The van der Waals surface area contributed by atoms with Crippen molar-refractivity contribution in [2.24, 2.45) is 4.99 Å². The van der Waals surface area contributed by atoms with Crippen LogP contribution in [0.5, 0.6) is 0 Å². The van der Waals surface area contributed by atoms with Gasteiger partial charge >= 0.3 is 0 Å². The summed E-state index contributed by atoms with van der Waals surface area (Å²) in [5.74, 6) is -1.28. The number of carbonyl (C=O) groups is 3. The molecule has 0 unspecified atom stereocenters. The molecule has 7 nitrogen and oxygen atoms in total. The molecule has 0 atom stereocenters. The molecule has 1 aliphatic heterocycles. The van der Waals surface area contributed by atoms with E-state index in [4.69, 9.17) is 0 Å². The Kier molecular flexibility index (Phi) is 5.56. The molecule has 2 heterocycles. The average molecular weight is 418 g/mol. The van der Waals surface area contributed by atoms with Gasteiger partial charge in [-0.2, -0.15) is 0 Å². The number of hydrogen-bond acceptors (Lipinski definition) is 6. The van der Waals surface area contributed by atoms with E-state index in [1.165, 1.54) is 6.08 Å². The second kappa shape index (κ2) is 8.17. The van der Waals surface area contributed by atoms with Gasteiger partial charge in [0, 0.05) is 36.6 Å². The van der Waals surface area contributed by atoms with Gasteiger partial charge in [0.15, 0.2) is 5.78 Å². The molecule has 0 fully saturated rings. The van der Waals surface area contributed by atoms with Crippen LogP contribution in [-0.2, 0) is 16.0 Å². The van der Waals surface area contributed by atoms with Crippen molar-refractivity contribution < 1.29 is 14.4 Å². The molecule has 0 aromatic carbocycles. The van der Waals surface area contributed by atoms with E-state index >= 15 is 0 Å². The van der Waals surface area contributed by atoms with Crippen LogP contribution in [0.3, 0.4) is 0 Å². The Labute approximate surface area is 181 Å². The van der Waals surface area contributed by atoms with E-state index in [0.717, 1.165) is 24.2 Å². The molecule has 0 radical (unpaired) electrons. The van der Waals surface area contributed by atoms with Crippen molar-refractivity contribution in [3.8, 4) is 0 Å². The van der Waals surface area contributed by atoms with Crippen LogP contribution in [0.4, 0.5) is 0 Å². The first-order valence-electron chi connectivity index (χ1n) is 10.3. The summed E-state index contributed by atoms with van der Waals surface area (Å²) in [6.45, 7) is 1.55. The van der Waals surface area contributed by atoms with Gasteiger partial charge < -0.3 is 14.8 Å². The Hall–Kier alpha value is -3.16. The number of nitrogens with one attached hydrogen (secondary N) is 1. The molecule has 0 saturated heterocycles. The SMILES string of the molecule is CN(C)CCC1=C2C(=O)C(C3=CC(=O)C(=O)c4c(CCN(C)C)c[nH]c43)=CC=C2N=C1. The highest BCUT2D eigenvalue weighted by atomic mass is 16.2. The summed E-state index contributed by atoms with van der Waals surface area (Å²) in [7, 11) is 7.88. The zero-order chi connectivity index (χ0) is 22.3. The summed E-state index contributed by atoms with van der Waals surface area (Å²) in [4.78, 5) is 50.3. The lowest BCUT2D eigenvalue weighted by molar-refractivity contribution is -0.111. The maximum absolute atomic E-state index is 13.5. The summed E-state index contributed by atoms with van der Waals surface area (Å²) in [5.41, 5.74) is 4.75. The van der Waals surface area contributed by atoms with Crippen LogP contribution in [0.1, 0.15) is 28.0 Å². The zero-order valence-electron chi connectivity index (χ0n) is 18.3. The summed E-state index contributed by atoms with van der Waals surface area (Å²) < 4.78 is 0. The third-order valence-corrected chi connectivity index (χ3v) is 5.72. The highest BCUT2D eigenvalue weighted by molar-refractivity contribution is 6.52. The van der Waals surface area contributed by atoms with Crippen molar-refractivity contribution in [3.63, 3.8) is 0 Å². The monoisotopic (exact) mass is 418 g/mol. The molecule has 160 valence electrons. The van der Waals surface area contributed by atoms with Crippen molar-refractivity contribution in [1.82, 2.24) is 14.8 Å². The van der Waals surface area contributed by atoms with Crippen LogP contribution in [0, 0.1) is 0 Å². The van der Waals surface area contributed by atoms with Gasteiger partial charge in [-0.1, -0.05) is 0 Å². The number of H-pyrrole nitrogens is 1. The molecule has 7 heteroatoms. The van der Waals surface area contributed by atoms with E-state index in [1.807, 2.05) is 39.2 Å². The smallest absolute Gasteiger partial charge is 0.235 e. The molecule has 0 bridgehead atoms. The Morgan fingerprint density at radius 1 is 0.903 bits per heavy atom. The van der Waals surface area contributed by atoms with Gasteiger partial charge in [-0.15, -0.1) is 0 Å². The number of hydrogen-bond donors (Lipinski definition) is 1. The van der Waals surface area contributed by atoms with Gasteiger partial charge in [-0.25, -0.2) is 0 Å². The maximum atomic E-state index is 13.5. The van der Waals surface area contributed by atoms with Gasteiger partial charge in [0.25, 0.3) is 0 Å². The number of aliphatic imine (C=N–C) groups is 1. The number of fused-ring (bicyclic) bond motifs is 2. The average Bonchev–Trinajstić information content (AvgIpc) is 3.33. The van der Waals surface area contributed by atoms with Crippen molar-refractivity contribution in [1.29, 1.82) is 0 Å². The largest absolute Gasteiger partial charge is 0.360 e. The molecule has 1 N–H and O–H groups in total. The topological polar surface area (TPSA) is 85.8 Å². The van der Waals surface area contributed by atoms with E-state index in [0.29, 0.717) is 46.5 Å². The molecule has 2 aliphatic carbocycles. The molecule has 31 heavy (non-hydrogen) atoms. The van der Waals surface area contributed by atoms with Crippen molar-refractivity contribution in [2.45, 2.75) is 12.8 Å². The molecular weight excluding hydrogens is 392 g/mol. The molecule has 4 rings (SSSR count). The van der Waals surface area contributed by atoms with Crippen LogP contribution in [0.25, 0.3) is 5.57 Å². The summed E-state index contributed by atoms with van der Waals surface area (Å²) in [6, 6.07) is 0. The quantitative estimate of drug-likeness (QED) is 0.685. The van der Waals surface area contributed by atoms with E-state index in [2.05, 4.69) is 14.9 Å². The van der Waals surface area contributed by atoms with Gasteiger partial charge in [0.05, 0.1) is 22.5 Å². The highest BCUT2D eigenvalue weighted by Crippen LogP contribution is 2.38. The fourth-order valence-corrected chi connectivity index (χ4v) is 4.03. The van der Waals surface area contributed by atoms with E-state index in [-0.39, 0.29) is 5.78 Å². The molecule has 1 aromatic heterocycles. The number of aromatic nitrogens is 1. The number of allylic oxidation sites excluding steroid dienone is 6. The summed E-state index contributed by atoms with van der Waals surface area (Å²) >= 11 is 0. The van der Waals surface area contributed by atoms with E-state index in [1.54, 1.807) is 18.5 Å². The minimum Gasteiger partial charge on any atom is -0.360 e. The van der Waals surface area contributed by atoms with E-state index < -0.39 is 11.6 Å². The van der Waals surface area contributed by atoms with Gasteiger partial charge in [0.1, 0.15) is 0 Å². The normalized spacial score (nSPS) is 18.0. The highest BCUT2D eigenvalue weighted by Gasteiger charge is 2.36. The van der Waals surface area contributed by atoms with Crippen LogP contribution in [0.2, 0.25) is 0 Å². The Balaban J connectivity index is 1.72. The second-order valence-electron chi connectivity index (χ2n) is 8.54. The lowest BCUT2D eigenvalue weighted by Gasteiger charge is -2.20. The number of ketones is 3. The zero-order valence-corrected chi connectivity index (χ0v) is 18.3. The third-order valence-electron chi connectivity index (χ3n) is 5.72. The van der Waals surface area contributed by atoms with Gasteiger partial charge in [-0.3, -0.25) is 19.4 Å². The first-order valence-corrected chi connectivity index (χ1v) is 10.3. The standard InChI is InChI=1S/C24H26N4O3/c1-27(2)9-7-14-12-25-18-6-5-16(23(30)20(14)18)17-11-19(29)24(31)21-15(8-10-28(3)4)13-26-22(17)21/h5-6,11-13,26H,7-10H2,1-4H3. The van der Waals surface area contributed by atoms with E-state index in [9.17, 15) is 14.4 Å². The Morgan fingerprint density at radius 3 is 2.32 bits per heavy atom. The lowest BCUT2D eigenvalue weighted by atomic mass is 9.82. The minimum atomic E-state index is -0.596. The Bertz CT molecular complexity index is 1140. The summed E-state index contributed by atoms with van der Waals surface area (Å²) in [5, 5.41) is 0. The molecular formula is C24H26N4O3. The minimum absolute atomic E-state index is 0.160. The second-order valence-corrected chi connectivity index (χ2v) is 8.54. The first kappa shape index (κ1) is 21.1.